The van der Waals surface area contributed by atoms with Crippen molar-refractivity contribution in [1.29, 1.82) is 0 Å². The second kappa shape index (κ2) is 7.59. The molecule has 0 unspecified atom stereocenters. The average molecular weight is 393 g/mol. The number of hydrogen-bond acceptors (Lipinski definition) is 3. The Balaban J connectivity index is 1.38. The number of aromatic nitrogens is 2. The maximum atomic E-state index is 12.9. The number of nitrogens with zero attached hydrogens (tertiary/aromatic N) is 2. The number of nitrogens with one attached hydrogen (secondary N) is 2. The molecule has 2 aliphatic rings. The predicted octanol–water partition coefficient (Wildman–Crippen LogP) is 3.46. The van der Waals surface area contributed by atoms with E-state index in [-0.39, 0.29) is 5.91 Å². The lowest BCUT2D eigenvalue weighted by Crippen LogP contribution is -2.39. The van der Waals surface area contributed by atoms with Crippen LogP contribution in [0.1, 0.15) is 40.2 Å². The van der Waals surface area contributed by atoms with Gasteiger partial charge in [0.1, 0.15) is 0 Å². The number of carbonyl (C=O) groups excluding carboxylic acids is 1. The smallest absolute Gasteiger partial charge is 0.274 e. The molecule has 0 bridgehead atoms. The number of carbonyl (C=O) groups is 1. The third-order valence-electron chi connectivity index (χ3n) is 5.43. The van der Waals surface area contributed by atoms with Gasteiger partial charge in [-0.05, 0) is 48.9 Å². The molecule has 2 aromatic rings. The molecule has 2 aliphatic heterocycles. The van der Waals surface area contributed by atoms with E-state index in [1.807, 2.05) is 23.1 Å². The van der Waals surface area contributed by atoms with Gasteiger partial charge < -0.3 is 10.2 Å². The zero-order valence-corrected chi connectivity index (χ0v) is 16.0. The third-order valence-corrected chi connectivity index (χ3v) is 6.03. The molecule has 1 aromatic heterocycles. The minimum Gasteiger partial charge on any atom is -0.337 e. The lowest BCUT2D eigenvalue weighted by Gasteiger charge is -2.32. The molecule has 4 rings (SSSR count). The summed E-state index contributed by atoms with van der Waals surface area (Å²) in [4.78, 5) is 14.8. The average Bonchev–Trinajstić information content (AvgIpc) is 3.09. The van der Waals surface area contributed by atoms with Crippen LogP contribution >= 0.6 is 23.2 Å². The highest BCUT2D eigenvalue weighted by Crippen LogP contribution is 2.28. The monoisotopic (exact) mass is 392 g/mol. The Kier molecular flexibility index (Phi) is 5.20. The first-order valence-corrected chi connectivity index (χ1v) is 9.87. The van der Waals surface area contributed by atoms with Crippen LogP contribution in [0.15, 0.2) is 18.2 Å². The van der Waals surface area contributed by atoms with E-state index in [1.165, 1.54) is 0 Å². The molecular weight excluding hydrogens is 371 g/mol. The van der Waals surface area contributed by atoms with E-state index in [1.54, 1.807) is 0 Å². The first kappa shape index (κ1) is 17.8. The number of amides is 1. The minimum atomic E-state index is 0.0467. The fourth-order valence-corrected chi connectivity index (χ4v) is 4.29. The number of aromatic amines is 1. The Morgan fingerprint density at radius 1 is 1.27 bits per heavy atom. The highest BCUT2D eigenvalue weighted by atomic mass is 35.5. The molecule has 1 saturated heterocycles. The summed E-state index contributed by atoms with van der Waals surface area (Å²) >= 11 is 12.4. The second-order valence-electron chi connectivity index (χ2n) is 7.13. The summed E-state index contributed by atoms with van der Waals surface area (Å²) in [5, 5.41) is 12.1. The van der Waals surface area contributed by atoms with Gasteiger partial charge in [0.05, 0.1) is 0 Å². The Hall–Kier alpha value is -1.56. The van der Waals surface area contributed by atoms with Gasteiger partial charge in [0.25, 0.3) is 5.91 Å². The summed E-state index contributed by atoms with van der Waals surface area (Å²) < 4.78 is 0. The van der Waals surface area contributed by atoms with Crippen molar-refractivity contribution >= 4 is 29.1 Å². The molecule has 0 atom stereocenters. The molecular formula is C19H22Cl2N4O. The summed E-state index contributed by atoms with van der Waals surface area (Å²) in [6, 6.07) is 5.62. The van der Waals surface area contributed by atoms with Crippen LogP contribution in [0.5, 0.6) is 0 Å². The lowest BCUT2D eigenvalue weighted by atomic mass is 9.90. The van der Waals surface area contributed by atoms with E-state index in [9.17, 15) is 4.79 Å². The predicted molar refractivity (Wildman–Crippen MR) is 103 cm³/mol. The summed E-state index contributed by atoms with van der Waals surface area (Å²) in [6.45, 7) is 3.17. The Morgan fingerprint density at radius 3 is 2.88 bits per heavy atom. The molecule has 0 spiro atoms. The van der Waals surface area contributed by atoms with Crippen molar-refractivity contribution in [2.45, 2.75) is 32.2 Å². The normalized spacial score (nSPS) is 18.0. The maximum Gasteiger partial charge on any atom is 0.274 e. The van der Waals surface area contributed by atoms with Crippen molar-refractivity contribution in [3.05, 3.63) is 50.8 Å². The molecule has 1 amide bonds. The van der Waals surface area contributed by atoms with Crippen molar-refractivity contribution < 1.29 is 4.79 Å². The van der Waals surface area contributed by atoms with Crippen molar-refractivity contribution in [3.8, 4) is 0 Å². The number of hydrogen-bond donors (Lipinski definition) is 2. The molecule has 7 heteroatoms. The van der Waals surface area contributed by atoms with Gasteiger partial charge >= 0.3 is 0 Å². The van der Waals surface area contributed by atoms with Gasteiger partial charge in [-0.25, -0.2) is 0 Å². The zero-order chi connectivity index (χ0) is 18.1. The molecule has 26 heavy (non-hydrogen) atoms. The fourth-order valence-electron chi connectivity index (χ4n) is 3.90. The topological polar surface area (TPSA) is 61.0 Å². The maximum absolute atomic E-state index is 12.9. The van der Waals surface area contributed by atoms with Crippen LogP contribution in [-0.2, 0) is 19.4 Å². The largest absolute Gasteiger partial charge is 0.337 e. The lowest BCUT2D eigenvalue weighted by molar-refractivity contribution is 0.0683. The summed E-state index contributed by atoms with van der Waals surface area (Å²) in [5.74, 6) is 0.565. The number of benzene rings is 1. The van der Waals surface area contributed by atoms with Crippen LogP contribution < -0.4 is 5.32 Å². The number of rotatable bonds is 3. The number of piperidine rings is 1. The van der Waals surface area contributed by atoms with E-state index in [0.717, 1.165) is 73.7 Å². The summed E-state index contributed by atoms with van der Waals surface area (Å²) in [5.41, 5.74) is 3.81. The zero-order valence-electron chi connectivity index (χ0n) is 14.5. The Labute approximate surface area is 163 Å². The number of fused-ring (bicyclic) bond motifs is 1. The minimum absolute atomic E-state index is 0.0467. The van der Waals surface area contributed by atoms with E-state index in [2.05, 4.69) is 15.5 Å². The molecule has 3 heterocycles. The van der Waals surface area contributed by atoms with Crippen molar-refractivity contribution in [2.24, 2.45) is 5.92 Å². The van der Waals surface area contributed by atoms with Crippen LogP contribution in [0.3, 0.4) is 0 Å². The molecule has 1 fully saturated rings. The van der Waals surface area contributed by atoms with E-state index >= 15 is 0 Å². The summed E-state index contributed by atoms with van der Waals surface area (Å²) in [7, 11) is 0. The first-order valence-electron chi connectivity index (χ1n) is 9.12. The molecule has 0 aliphatic carbocycles. The van der Waals surface area contributed by atoms with Crippen LogP contribution in [-0.4, -0.2) is 40.6 Å². The van der Waals surface area contributed by atoms with Gasteiger partial charge in [0.15, 0.2) is 5.69 Å². The van der Waals surface area contributed by atoms with Gasteiger partial charge in [-0.2, -0.15) is 5.10 Å². The van der Waals surface area contributed by atoms with E-state index in [0.29, 0.717) is 16.6 Å². The molecule has 138 valence electrons. The Morgan fingerprint density at radius 2 is 2.08 bits per heavy atom. The van der Waals surface area contributed by atoms with Gasteiger partial charge in [-0.1, -0.05) is 23.2 Å². The molecule has 5 nitrogen and oxygen atoms in total. The second-order valence-corrected chi connectivity index (χ2v) is 7.98. The van der Waals surface area contributed by atoms with E-state index < -0.39 is 0 Å². The molecule has 2 N–H and O–H groups in total. The third kappa shape index (κ3) is 3.61. The number of likely N-dealkylation sites (tertiary alicyclic amines) is 1. The van der Waals surface area contributed by atoms with Gasteiger partial charge in [-0.3, -0.25) is 9.89 Å². The molecule has 0 radical (unpaired) electrons. The van der Waals surface area contributed by atoms with E-state index in [4.69, 9.17) is 23.2 Å². The SMILES string of the molecule is O=C(c1n[nH]c2c1CNCC2)N1CCC(Cc2cc(Cl)ccc2Cl)CC1. The quantitative estimate of drug-likeness (QED) is 0.840. The van der Waals surface area contributed by atoms with Crippen LogP contribution in [0.2, 0.25) is 10.0 Å². The highest BCUT2D eigenvalue weighted by molar-refractivity contribution is 6.33. The van der Waals surface area contributed by atoms with Crippen LogP contribution in [0.25, 0.3) is 0 Å². The highest BCUT2D eigenvalue weighted by Gasteiger charge is 2.29. The number of H-pyrrole nitrogens is 1. The van der Waals surface area contributed by atoms with Crippen molar-refractivity contribution in [1.82, 2.24) is 20.4 Å². The first-order chi connectivity index (χ1) is 12.6. The van der Waals surface area contributed by atoms with Gasteiger partial charge in [0, 0.05) is 53.9 Å². The van der Waals surface area contributed by atoms with Crippen molar-refractivity contribution in [2.75, 3.05) is 19.6 Å². The number of halogens is 2. The van der Waals surface area contributed by atoms with Gasteiger partial charge in [-0.15, -0.1) is 0 Å². The van der Waals surface area contributed by atoms with Crippen LogP contribution in [0.4, 0.5) is 0 Å². The molecule has 1 aromatic carbocycles. The standard InChI is InChI=1S/C19H22Cl2N4O/c20-14-1-2-16(21)13(10-14)9-12-4-7-25(8-5-12)19(26)18-15-11-22-6-3-17(15)23-24-18/h1-2,10,12,22H,3-9,11H2,(H,23,24). The van der Waals surface area contributed by atoms with Crippen LogP contribution in [0, 0.1) is 5.92 Å². The summed E-state index contributed by atoms with van der Waals surface area (Å²) in [6.07, 6.45) is 3.75. The molecule has 0 saturated carbocycles. The fraction of sp³-hybridized carbons (Fsp3) is 0.474. The van der Waals surface area contributed by atoms with Crippen molar-refractivity contribution in [3.63, 3.8) is 0 Å². The van der Waals surface area contributed by atoms with Gasteiger partial charge in [0.2, 0.25) is 0 Å². The Bertz CT molecular complexity index is 812.